The smallest absolute Gasteiger partial charge is 0.243 e. The van der Waals surface area contributed by atoms with Crippen molar-refractivity contribution in [3.8, 4) is 0 Å². The number of carbonyl (C=O) groups excluding carboxylic acids is 1. The standard InChI is InChI=1S/C18H19N5O3S/c1-13(24)19-14-7-9-15(10-8-14)27(25,26)23-12-4-5-16(23)18-21-20-17-6-2-3-11-22(17)18/h2-3,6-11,16H,4-5,12H2,1H3,(H,19,24)/t16-/m0/s1. The second-order valence-electron chi connectivity index (χ2n) is 6.47. The summed E-state index contributed by atoms with van der Waals surface area (Å²) in [5, 5.41) is 11.0. The predicted molar refractivity (Wildman–Crippen MR) is 99.6 cm³/mol. The average Bonchev–Trinajstić information content (AvgIpc) is 3.28. The molecule has 0 spiro atoms. The van der Waals surface area contributed by atoms with Crippen LogP contribution in [0.5, 0.6) is 0 Å². The zero-order chi connectivity index (χ0) is 19.0. The van der Waals surface area contributed by atoms with Crippen LogP contribution in [0.4, 0.5) is 5.69 Å². The Hall–Kier alpha value is -2.78. The van der Waals surface area contributed by atoms with Gasteiger partial charge in [-0.15, -0.1) is 10.2 Å². The summed E-state index contributed by atoms with van der Waals surface area (Å²) in [6.45, 7) is 1.84. The highest BCUT2D eigenvalue weighted by atomic mass is 32.2. The number of fused-ring (bicyclic) bond motifs is 1. The van der Waals surface area contributed by atoms with Gasteiger partial charge in [0.15, 0.2) is 11.5 Å². The second kappa shape index (κ2) is 6.75. The van der Waals surface area contributed by atoms with Crippen LogP contribution in [0.15, 0.2) is 53.6 Å². The molecule has 4 rings (SSSR count). The molecule has 0 radical (unpaired) electrons. The van der Waals surface area contributed by atoms with E-state index in [1.54, 1.807) is 12.1 Å². The third kappa shape index (κ3) is 3.19. The molecule has 1 aliphatic heterocycles. The first-order valence-corrected chi connectivity index (χ1v) is 10.1. The monoisotopic (exact) mass is 385 g/mol. The summed E-state index contributed by atoms with van der Waals surface area (Å²) in [5.74, 6) is 0.422. The Labute approximate surface area is 156 Å². The summed E-state index contributed by atoms with van der Waals surface area (Å²) in [7, 11) is -3.69. The van der Waals surface area contributed by atoms with E-state index < -0.39 is 10.0 Å². The van der Waals surface area contributed by atoms with Crippen molar-refractivity contribution in [3.05, 3.63) is 54.5 Å². The first kappa shape index (κ1) is 17.6. The summed E-state index contributed by atoms with van der Waals surface area (Å²) >= 11 is 0. The summed E-state index contributed by atoms with van der Waals surface area (Å²) in [5.41, 5.74) is 1.25. The second-order valence-corrected chi connectivity index (χ2v) is 8.36. The SMILES string of the molecule is CC(=O)Nc1ccc(S(=O)(=O)N2CCC[C@H]2c2nnc3ccccn23)cc1. The van der Waals surface area contributed by atoms with Gasteiger partial charge in [-0.2, -0.15) is 4.31 Å². The molecule has 3 aromatic rings. The Kier molecular flexibility index (Phi) is 4.40. The quantitative estimate of drug-likeness (QED) is 0.743. The number of nitrogens with zero attached hydrogens (tertiary/aromatic N) is 4. The maximum atomic E-state index is 13.2. The summed E-state index contributed by atoms with van der Waals surface area (Å²) < 4.78 is 29.7. The van der Waals surface area contributed by atoms with Gasteiger partial charge in [0.25, 0.3) is 0 Å². The molecular formula is C18H19N5O3S. The fraction of sp³-hybridized carbons (Fsp3) is 0.278. The van der Waals surface area contributed by atoms with Crippen molar-refractivity contribution in [2.75, 3.05) is 11.9 Å². The highest BCUT2D eigenvalue weighted by molar-refractivity contribution is 7.89. The molecule has 1 aromatic carbocycles. The maximum Gasteiger partial charge on any atom is 0.243 e. The van der Waals surface area contributed by atoms with Gasteiger partial charge in [-0.3, -0.25) is 9.20 Å². The van der Waals surface area contributed by atoms with Crippen LogP contribution < -0.4 is 5.32 Å². The summed E-state index contributed by atoms with van der Waals surface area (Å²) in [4.78, 5) is 11.3. The molecule has 1 N–H and O–H groups in total. The number of amides is 1. The van der Waals surface area contributed by atoms with Crippen LogP contribution in [-0.2, 0) is 14.8 Å². The number of pyridine rings is 1. The van der Waals surface area contributed by atoms with Gasteiger partial charge in [0, 0.05) is 25.4 Å². The lowest BCUT2D eigenvalue weighted by Crippen LogP contribution is -2.31. The van der Waals surface area contributed by atoms with Crippen LogP contribution in [0.2, 0.25) is 0 Å². The number of nitrogens with one attached hydrogen (secondary N) is 1. The Bertz CT molecular complexity index is 1090. The van der Waals surface area contributed by atoms with Gasteiger partial charge in [0.05, 0.1) is 10.9 Å². The van der Waals surface area contributed by atoms with E-state index >= 15 is 0 Å². The lowest BCUT2D eigenvalue weighted by Gasteiger charge is -2.23. The topological polar surface area (TPSA) is 96.7 Å². The van der Waals surface area contributed by atoms with E-state index in [4.69, 9.17) is 0 Å². The maximum absolute atomic E-state index is 13.2. The van der Waals surface area contributed by atoms with Gasteiger partial charge < -0.3 is 5.32 Å². The molecule has 1 atom stereocenters. The number of benzene rings is 1. The minimum Gasteiger partial charge on any atom is -0.326 e. The highest BCUT2D eigenvalue weighted by Gasteiger charge is 2.38. The van der Waals surface area contributed by atoms with Gasteiger partial charge in [-0.1, -0.05) is 6.07 Å². The number of aromatic nitrogens is 3. The molecule has 8 nitrogen and oxygen atoms in total. The molecule has 1 aliphatic rings. The van der Waals surface area contributed by atoms with E-state index in [2.05, 4.69) is 15.5 Å². The van der Waals surface area contributed by atoms with Gasteiger partial charge >= 0.3 is 0 Å². The third-order valence-electron chi connectivity index (χ3n) is 4.62. The van der Waals surface area contributed by atoms with Gasteiger partial charge in [-0.05, 0) is 49.2 Å². The van der Waals surface area contributed by atoms with Crippen molar-refractivity contribution in [1.29, 1.82) is 0 Å². The third-order valence-corrected chi connectivity index (χ3v) is 6.55. The van der Waals surface area contributed by atoms with Crippen LogP contribution in [0.1, 0.15) is 31.6 Å². The van der Waals surface area contributed by atoms with Crippen molar-refractivity contribution < 1.29 is 13.2 Å². The van der Waals surface area contributed by atoms with Crippen LogP contribution in [0.3, 0.4) is 0 Å². The van der Waals surface area contributed by atoms with E-state index in [-0.39, 0.29) is 16.8 Å². The molecule has 27 heavy (non-hydrogen) atoms. The Morgan fingerprint density at radius 2 is 1.93 bits per heavy atom. The molecule has 0 bridgehead atoms. The first-order valence-electron chi connectivity index (χ1n) is 8.66. The van der Waals surface area contributed by atoms with Crippen LogP contribution in [0, 0.1) is 0 Å². The highest BCUT2D eigenvalue weighted by Crippen LogP contribution is 2.36. The van der Waals surface area contributed by atoms with Crippen molar-refractivity contribution in [3.63, 3.8) is 0 Å². The molecule has 0 aliphatic carbocycles. The number of carbonyl (C=O) groups is 1. The molecule has 2 aromatic heterocycles. The predicted octanol–water partition coefficient (Wildman–Crippen LogP) is 2.21. The van der Waals surface area contributed by atoms with E-state index in [0.717, 1.165) is 6.42 Å². The lowest BCUT2D eigenvalue weighted by atomic mass is 10.2. The van der Waals surface area contributed by atoms with Crippen molar-refractivity contribution in [2.45, 2.75) is 30.7 Å². The van der Waals surface area contributed by atoms with E-state index in [0.29, 0.717) is 30.1 Å². The fourth-order valence-electron chi connectivity index (χ4n) is 3.42. The zero-order valence-corrected chi connectivity index (χ0v) is 15.6. The molecule has 140 valence electrons. The van der Waals surface area contributed by atoms with Crippen molar-refractivity contribution in [2.24, 2.45) is 0 Å². The van der Waals surface area contributed by atoms with Gasteiger partial charge in [0.1, 0.15) is 0 Å². The fourth-order valence-corrected chi connectivity index (χ4v) is 5.08. The van der Waals surface area contributed by atoms with E-state index in [1.807, 2.05) is 28.8 Å². The lowest BCUT2D eigenvalue weighted by molar-refractivity contribution is -0.114. The van der Waals surface area contributed by atoms with E-state index in [9.17, 15) is 13.2 Å². The normalized spacial score (nSPS) is 18.0. The van der Waals surface area contributed by atoms with E-state index in [1.165, 1.54) is 23.4 Å². The Morgan fingerprint density at radius 3 is 2.67 bits per heavy atom. The summed E-state index contributed by atoms with van der Waals surface area (Å²) in [6.07, 6.45) is 3.30. The number of anilines is 1. The van der Waals surface area contributed by atoms with Crippen LogP contribution in [-0.4, -0.2) is 39.8 Å². The number of rotatable bonds is 4. The first-order chi connectivity index (χ1) is 13.0. The zero-order valence-electron chi connectivity index (χ0n) is 14.7. The largest absolute Gasteiger partial charge is 0.326 e. The van der Waals surface area contributed by atoms with Gasteiger partial charge in [0.2, 0.25) is 15.9 Å². The molecule has 9 heteroatoms. The molecular weight excluding hydrogens is 366 g/mol. The Morgan fingerprint density at radius 1 is 1.15 bits per heavy atom. The Balaban J connectivity index is 1.67. The van der Waals surface area contributed by atoms with Crippen molar-refractivity contribution in [1.82, 2.24) is 18.9 Å². The minimum atomic E-state index is -3.69. The van der Waals surface area contributed by atoms with Crippen LogP contribution >= 0.6 is 0 Å². The molecule has 3 heterocycles. The molecule has 1 amide bonds. The molecule has 1 fully saturated rings. The average molecular weight is 385 g/mol. The minimum absolute atomic E-state index is 0.192. The number of sulfonamides is 1. The number of hydrogen-bond donors (Lipinski definition) is 1. The molecule has 0 saturated carbocycles. The summed E-state index contributed by atoms with van der Waals surface area (Å²) in [6, 6.07) is 11.4. The number of hydrogen-bond acceptors (Lipinski definition) is 5. The van der Waals surface area contributed by atoms with Crippen molar-refractivity contribution >= 4 is 27.3 Å². The van der Waals surface area contributed by atoms with Gasteiger partial charge in [-0.25, -0.2) is 8.42 Å². The molecule has 0 unspecified atom stereocenters. The van der Waals surface area contributed by atoms with Crippen LogP contribution in [0.25, 0.3) is 5.65 Å². The molecule has 1 saturated heterocycles.